The van der Waals surface area contributed by atoms with Crippen LogP contribution in [0, 0.1) is 0 Å². The Kier molecular flexibility index (Phi) is 5.13. The molecule has 27 heavy (non-hydrogen) atoms. The molecule has 1 aromatic carbocycles. The summed E-state index contributed by atoms with van der Waals surface area (Å²) in [6.45, 7) is 4.21. The second kappa shape index (κ2) is 7.21. The van der Waals surface area contributed by atoms with E-state index in [1.807, 2.05) is 0 Å². The highest BCUT2D eigenvalue weighted by molar-refractivity contribution is 5.87. The van der Waals surface area contributed by atoms with Crippen LogP contribution in [0.15, 0.2) is 48.8 Å². The monoisotopic (exact) mass is 378 g/mol. The minimum atomic E-state index is -4.44. The molecule has 3 rings (SSSR count). The molecule has 0 N–H and O–H groups in total. The van der Waals surface area contributed by atoms with Crippen LogP contribution in [0.3, 0.4) is 0 Å². The van der Waals surface area contributed by atoms with Gasteiger partial charge in [0.15, 0.2) is 0 Å². The second-order valence-electron chi connectivity index (χ2n) is 7.17. The predicted octanol–water partition coefficient (Wildman–Crippen LogP) is 4.06. The van der Waals surface area contributed by atoms with Gasteiger partial charge in [0.2, 0.25) is 5.91 Å². The summed E-state index contributed by atoms with van der Waals surface area (Å²) in [5.41, 5.74) is -1.47. The van der Waals surface area contributed by atoms with Gasteiger partial charge in [-0.25, -0.2) is 0 Å². The summed E-state index contributed by atoms with van der Waals surface area (Å²) in [5, 5.41) is 0. The third-order valence-corrected chi connectivity index (χ3v) is 4.82. The largest absolute Gasteiger partial charge is 0.487 e. The first-order valence-electron chi connectivity index (χ1n) is 8.72. The molecular formula is C20H21F3N2O2. The quantitative estimate of drug-likeness (QED) is 0.806. The molecule has 0 saturated carbocycles. The number of alkyl halides is 3. The van der Waals surface area contributed by atoms with Crippen molar-refractivity contribution in [3.63, 3.8) is 0 Å². The number of pyridine rings is 1. The van der Waals surface area contributed by atoms with Gasteiger partial charge in [-0.3, -0.25) is 9.78 Å². The number of amides is 1. The van der Waals surface area contributed by atoms with E-state index in [0.717, 1.165) is 12.1 Å². The van der Waals surface area contributed by atoms with Gasteiger partial charge in [-0.05, 0) is 37.6 Å². The highest BCUT2D eigenvalue weighted by Crippen LogP contribution is 2.34. The fourth-order valence-electron chi connectivity index (χ4n) is 3.22. The minimum Gasteiger partial charge on any atom is -0.487 e. The maximum Gasteiger partial charge on any atom is 0.416 e. The Morgan fingerprint density at radius 3 is 2.59 bits per heavy atom. The molecule has 1 fully saturated rings. The average Bonchev–Trinajstić information content (AvgIpc) is 3.09. The van der Waals surface area contributed by atoms with Gasteiger partial charge in [-0.2, -0.15) is 13.2 Å². The first kappa shape index (κ1) is 19.2. The Bertz CT molecular complexity index is 806. The number of ether oxygens (including phenoxy) is 1. The van der Waals surface area contributed by atoms with Crippen molar-refractivity contribution in [1.29, 1.82) is 0 Å². The number of carbonyl (C=O) groups is 1. The summed E-state index contributed by atoms with van der Waals surface area (Å²) in [6.07, 6.45) is -0.674. The van der Waals surface area contributed by atoms with Crippen molar-refractivity contribution in [3.05, 3.63) is 59.9 Å². The van der Waals surface area contributed by atoms with Crippen LogP contribution < -0.4 is 4.74 Å². The first-order chi connectivity index (χ1) is 12.7. The molecule has 144 valence electrons. The lowest BCUT2D eigenvalue weighted by molar-refractivity contribution is -0.138. The Labute approximate surface area is 156 Å². The number of nitrogens with zero attached hydrogens (tertiary/aromatic N) is 2. The van der Waals surface area contributed by atoms with Crippen LogP contribution in [0.1, 0.15) is 31.4 Å². The zero-order chi connectivity index (χ0) is 19.7. The molecule has 7 heteroatoms. The lowest BCUT2D eigenvalue weighted by atomic mass is 9.82. The molecule has 0 radical (unpaired) electrons. The standard InChI is InChI=1S/C20H21F3N2O2/c1-19(2,14-5-3-6-15(11-14)20(21,22)23)18(26)25-10-8-17(13-25)27-16-7-4-9-24-12-16/h3-7,9,11-12,17H,8,10,13H2,1-2H3. The molecule has 0 spiro atoms. The molecule has 1 unspecified atom stereocenters. The maximum absolute atomic E-state index is 13.0. The number of aromatic nitrogens is 1. The topological polar surface area (TPSA) is 42.4 Å². The van der Waals surface area contributed by atoms with Crippen molar-refractivity contribution in [2.45, 2.75) is 38.0 Å². The Balaban J connectivity index is 1.71. The molecule has 2 aromatic rings. The predicted molar refractivity (Wildman–Crippen MR) is 94.3 cm³/mol. The lowest BCUT2D eigenvalue weighted by Crippen LogP contribution is -2.43. The lowest BCUT2D eigenvalue weighted by Gasteiger charge is -2.30. The molecule has 1 aromatic heterocycles. The zero-order valence-electron chi connectivity index (χ0n) is 15.2. The summed E-state index contributed by atoms with van der Waals surface area (Å²) in [7, 11) is 0. The second-order valence-corrected chi connectivity index (χ2v) is 7.17. The summed E-state index contributed by atoms with van der Waals surface area (Å²) in [6, 6.07) is 8.53. The van der Waals surface area contributed by atoms with Crippen LogP contribution in [0.4, 0.5) is 13.2 Å². The van der Waals surface area contributed by atoms with E-state index in [0.29, 0.717) is 30.8 Å². The zero-order valence-corrected chi connectivity index (χ0v) is 15.2. The molecule has 0 bridgehead atoms. The van der Waals surface area contributed by atoms with Gasteiger partial charge in [0.05, 0.1) is 23.7 Å². The number of rotatable bonds is 4. The Morgan fingerprint density at radius 1 is 1.19 bits per heavy atom. The van der Waals surface area contributed by atoms with Crippen molar-refractivity contribution >= 4 is 5.91 Å². The van der Waals surface area contributed by atoms with Crippen molar-refractivity contribution < 1.29 is 22.7 Å². The summed E-state index contributed by atoms with van der Waals surface area (Å²) < 4.78 is 44.8. The number of carbonyl (C=O) groups excluding carboxylic acids is 1. The fourth-order valence-corrected chi connectivity index (χ4v) is 3.22. The van der Waals surface area contributed by atoms with Crippen LogP contribution in [-0.4, -0.2) is 35.0 Å². The van der Waals surface area contributed by atoms with Crippen LogP contribution in [0.25, 0.3) is 0 Å². The average molecular weight is 378 g/mol. The van der Waals surface area contributed by atoms with Gasteiger partial charge in [-0.1, -0.05) is 18.2 Å². The molecule has 2 heterocycles. The van der Waals surface area contributed by atoms with Gasteiger partial charge in [0, 0.05) is 19.2 Å². The number of hydrogen-bond acceptors (Lipinski definition) is 3. The van der Waals surface area contributed by atoms with Crippen LogP contribution in [-0.2, 0) is 16.4 Å². The summed E-state index contributed by atoms with van der Waals surface area (Å²) in [4.78, 5) is 18.6. The Hall–Kier alpha value is -2.57. The number of likely N-dealkylation sites (tertiary alicyclic amines) is 1. The van der Waals surface area contributed by atoms with Gasteiger partial charge in [0.1, 0.15) is 11.9 Å². The molecule has 1 saturated heterocycles. The molecule has 1 amide bonds. The van der Waals surface area contributed by atoms with E-state index in [9.17, 15) is 18.0 Å². The van der Waals surface area contributed by atoms with E-state index in [2.05, 4.69) is 4.98 Å². The van der Waals surface area contributed by atoms with E-state index in [-0.39, 0.29) is 12.0 Å². The van der Waals surface area contributed by atoms with E-state index < -0.39 is 17.2 Å². The highest BCUT2D eigenvalue weighted by Gasteiger charge is 2.39. The van der Waals surface area contributed by atoms with Gasteiger partial charge in [-0.15, -0.1) is 0 Å². The van der Waals surface area contributed by atoms with E-state index in [1.54, 1.807) is 49.3 Å². The molecule has 4 nitrogen and oxygen atoms in total. The fraction of sp³-hybridized carbons (Fsp3) is 0.400. The SMILES string of the molecule is CC(C)(C(=O)N1CCC(Oc2cccnc2)C1)c1cccc(C(F)(F)F)c1. The number of halogens is 3. The minimum absolute atomic E-state index is 0.157. The highest BCUT2D eigenvalue weighted by atomic mass is 19.4. The van der Waals surface area contributed by atoms with Crippen molar-refractivity contribution in [2.24, 2.45) is 0 Å². The third kappa shape index (κ3) is 4.23. The summed E-state index contributed by atoms with van der Waals surface area (Å²) in [5.74, 6) is 0.424. The van der Waals surface area contributed by atoms with Gasteiger partial charge >= 0.3 is 6.18 Å². The number of benzene rings is 1. The van der Waals surface area contributed by atoms with Crippen molar-refractivity contribution in [3.8, 4) is 5.75 Å². The van der Waals surface area contributed by atoms with E-state index in [4.69, 9.17) is 4.74 Å². The van der Waals surface area contributed by atoms with Crippen LogP contribution in [0.2, 0.25) is 0 Å². The molecule has 1 atom stereocenters. The van der Waals surface area contributed by atoms with Crippen molar-refractivity contribution in [1.82, 2.24) is 9.88 Å². The first-order valence-corrected chi connectivity index (χ1v) is 8.72. The Morgan fingerprint density at radius 2 is 1.93 bits per heavy atom. The van der Waals surface area contributed by atoms with Crippen molar-refractivity contribution in [2.75, 3.05) is 13.1 Å². The number of hydrogen-bond donors (Lipinski definition) is 0. The van der Waals surface area contributed by atoms with Crippen LogP contribution in [0.5, 0.6) is 5.75 Å². The van der Waals surface area contributed by atoms with Crippen LogP contribution >= 0.6 is 0 Å². The van der Waals surface area contributed by atoms with Gasteiger partial charge in [0.25, 0.3) is 0 Å². The van der Waals surface area contributed by atoms with E-state index >= 15 is 0 Å². The third-order valence-electron chi connectivity index (χ3n) is 4.82. The van der Waals surface area contributed by atoms with E-state index in [1.165, 1.54) is 6.07 Å². The summed E-state index contributed by atoms with van der Waals surface area (Å²) >= 11 is 0. The molecule has 1 aliphatic rings. The molecule has 1 aliphatic heterocycles. The van der Waals surface area contributed by atoms with Gasteiger partial charge < -0.3 is 9.64 Å². The normalized spacial score (nSPS) is 17.8. The maximum atomic E-state index is 13.0. The smallest absolute Gasteiger partial charge is 0.416 e. The molecule has 0 aliphatic carbocycles. The molecular weight excluding hydrogens is 357 g/mol.